The largest absolute Gasteiger partial charge is 0.349 e. The highest BCUT2D eigenvalue weighted by Crippen LogP contribution is 2.23. The van der Waals surface area contributed by atoms with Crippen molar-refractivity contribution in [3.8, 4) is 0 Å². The number of urea groups is 1. The molecule has 9 heteroatoms. The van der Waals surface area contributed by atoms with Gasteiger partial charge in [-0.25, -0.2) is 14.8 Å². The smallest absolute Gasteiger partial charge is 0.318 e. The molecule has 210 valence electrons. The van der Waals surface area contributed by atoms with Gasteiger partial charge in [-0.05, 0) is 76.9 Å². The van der Waals surface area contributed by atoms with Gasteiger partial charge in [0.25, 0.3) is 5.91 Å². The van der Waals surface area contributed by atoms with E-state index in [1.807, 2.05) is 4.90 Å². The van der Waals surface area contributed by atoms with Gasteiger partial charge in [0, 0.05) is 56.7 Å². The Morgan fingerprint density at radius 2 is 1.62 bits per heavy atom. The summed E-state index contributed by atoms with van der Waals surface area (Å²) in [4.78, 5) is 41.0. The van der Waals surface area contributed by atoms with E-state index in [1.54, 1.807) is 12.4 Å². The minimum Gasteiger partial charge on any atom is -0.349 e. The third kappa shape index (κ3) is 7.06. The molecule has 1 aromatic heterocycles. The first-order valence-electron chi connectivity index (χ1n) is 14.7. The molecule has 1 saturated carbocycles. The lowest BCUT2D eigenvalue weighted by atomic mass is 9.93. The van der Waals surface area contributed by atoms with E-state index in [2.05, 4.69) is 74.6 Å². The van der Waals surface area contributed by atoms with Crippen LogP contribution in [0.5, 0.6) is 0 Å². The first-order valence-corrected chi connectivity index (χ1v) is 14.7. The first-order chi connectivity index (χ1) is 19.0. The number of benzene rings is 1. The highest BCUT2D eigenvalue weighted by atomic mass is 16.2. The minimum atomic E-state index is -0.104. The second kappa shape index (κ2) is 12.8. The number of carbonyl (C=O) groups excluding carboxylic acids is 2. The highest BCUT2D eigenvalue weighted by molar-refractivity contribution is 5.93. The topological polar surface area (TPSA) is 93.7 Å². The standard InChI is InChI=1S/C30H43N7O2/c1-22-19-36(29-32-17-26(18-33-29)28(38)34-27-9-6-10-27)20-23(2)37(22)30(39)31-14-11-24-12-15-35(16-13-24)21-25-7-4-3-5-8-25/h3-5,7-8,17-18,22-24,27H,6,9-16,19-21H2,1-2H3,(H,31,39)(H,34,38)/t22-,23+. The second-order valence-corrected chi connectivity index (χ2v) is 11.6. The maximum Gasteiger partial charge on any atom is 0.318 e. The number of likely N-dealkylation sites (tertiary alicyclic amines) is 1. The molecule has 0 bridgehead atoms. The molecule has 0 spiro atoms. The molecule has 1 aromatic carbocycles. The minimum absolute atomic E-state index is 0.0140. The van der Waals surface area contributed by atoms with Gasteiger partial charge >= 0.3 is 6.03 Å². The summed E-state index contributed by atoms with van der Waals surface area (Å²) in [7, 11) is 0. The van der Waals surface area contributed by atoms with Gasteiger partial charge in [0.15, 0.2) is 0 Å². The molecule has 0 unspecified atom stereocenters. The monoisotopic (exact) mass is 533 g/mol. The van der Waals surface area contributed by atoms with Crippen LogP contribution in [0.4, 0.5) is 10.7 Å². The third-order valence-electron chi connectivity index (χ3n) is 8.56. The summed E-state index contributed by atoms with van der Waals surface area (Å²) in [5.74, 6) is 1.17. The zero-order valence-corrected chi connectivity index (χ0v) is 23.4. The zero-order chi connectivity index (χ0) is 27.2. The average molecular weight is 534 g/mol. The number of piperazine rings is 1. The van der Waals surface area contributed by atoms with Crippen LogP contribution in [0.1, 0.15) is 68.3 Å². The highest BCUT2D eigenvalue weighted by Gasteiger charge is 2.34. The molecule has 39 heavy (non-hydrogen) atoms. The van der Waals surface area contributed by atoms with Crippen LogP contribution in [-0.2, 0) is 6.54 Å². The van der Waals surface area contributed by atoms with E-state index in [4.69, 9.17) is 0 Å². The van der Waals surface area contributed by atoms with Crippen LogP contribution in [0.3, 0.4) is 0 Å². The molecule has 2 aromatic rings. The lowest BCUT2D eigenvalue weighted by molar-refractivity contribution is 0.0916. The number of hydrogen-bond acceptors (Lipinski definition) is 6. The number of rotatable bonds is 8. The molecule has 2 atom stereocenters. The van der Waals surface area contributed by atoms with Crippen molar-refractivity contribution in [3.63, 3.8) is 0 Å². The van der Waals surface area contributed by atoms with Crippen LogP contribution in [0.2, 0.25) is 0 Å². The predicted octanol–water partition coefficient (Wildman–Crippen LogP) is 3.67. The van der Waals surface area contributed by atoms with E-state index < -0.39 is 0 Å². The van der Waals surface area contributed by atoms with Gasteiger partial charge in [0.2, 0.25) is 5.95 Å². The number of nitrogens with zero attached hydrogens (tertiary/aromatic N) is 5. The summed E-state index contributed by atoms with van der Waals surface area (Å²) < 4.78 is 0. The van der Waals surface area contributed by atoms with Gasteiger partial charge in [-0.15, -0.1) is 0 Å². The van der Waals surface area contributed by atoms with E-state index in [0.29, 0.717) is 30.5 Å². The normalized spacial score (nSPS) is 22.8. The molecule has 0 radical (unpaired) electrons. The lowest BCUT2D eigenvalue weighted by Gasteiger charge is -2.44. The van der Waals surface area contributed by atoms with Crippen LogP contribution in [-0.4, -0.2) is 82.6 Å². The summed E-state index contributed by atoms with van der Waals surface area (Å²) in [6.45, 7) is 9.45. The van der Waals surface area contributed by atoms with Gasteiger partial charge in [-0.1, -0.05) is 30.3 Å². The molecule has 3 heterocycles. The van der Waals surface area contributed by atoms with Crippen molar-refractivity contribution in [2.24, 2.45) is 5.92 Å². The molecular weight excluding hydrogens is 490 g/mol. The zero-order valence-electron chi connectivity index (χ0n) is 23.4. The quantitative estimate of drug-likeness (QED) is 0.538. The Morgan fingerprint density at radius 1 is 0.949 bits per heavy atom. The van der Waals surface area contributed by atoms with Gasteiger partial charge in [-0.3, -0.25) is 9.69 Å². The maximum absolute atomic E-state index is 13.1. The van der Waals surface area contributed by atoms with Crippen molar-refractivity contribution in [3.05, 3.63) is 53.9 Å². The third-order valence-corrected chi connectivity index (χ3v) is 8.56. The Kier molecular flexibility index (Phi) is 8.96. The Labute approximate surface area is 232 Å². The maximum atomic E-state index is 13.1. The van der Waals surface area contributed by atoms with Crippen molar-refractivity contribution < 1.29 is 9.59 Å². The molecular formula is C30H43N7O2. The summed E-state index contributed by atoms with van der Waals surface area (Å²) in [5, 5.41) is 6.22. The molecule has 5 rings (SSSR count). The number of nitrogens with one attached hydrogen (secondary N) is 2. The van der Waals surface area contributed by atoms with Gasteiger partial charge in [-0.2, -0.15) is 0 Å². The molecule has 2 aliphatic heterocycles. The average Bonchev–Trinajstić information content (AvgIpc) is 2.92. The number of anilines is 1. The summed E-state index contributed by atoms with van der Waals surface area (Å²) in [5.41, 5.74) is 1.87. The van der Waals surface area contributed by atoms with Crippen LogP contribution in [0, 0.1) is 5.92 Å². The van der Waals surface area contributed by atoms with E-state index in [-0.39, 0.29) is 30.1 Å². The van der Waals surface area contributed by atoms with Gasteiger partial charge < -0.3 is 20.4 Å². The number of aromatic nitrogens is 2. The van der Waals surface area contributed by atoms with Crippen LogP contribution in [0.15, 0.2) is 42.7 Å². The number of hydrogen-bond donors (Lipinski definition) is 2. The van der Waals surface area contributed by atoms with Crippen molar-refractivity contribution in [2.75, 3.05) is 37.6 Å². The number of carbonyl (C=O) groups is 2. The molecule has 3 fully saturated rings. The Bertz CT molecular complexity index is 1070. The fraction of sp³-hybridized carbons (Fsp3) is 0.600. The van der Waals surface area contributed by atoms with E-state index in [9.17, 15) is 9.59 Å². The SMILES string of the molecule is C[C@@H]1CN(c2ncc(C(=O)NC3CCC3)cn2)C[C@H](C)N1C(=O)NCCC1CCN(Cc2ccccc2)CC1. The van der Waals surface area contributed by atoms with Crippen molar-refractivity contribution in [2.45, 2.75) is 77.0 Å². The number of amides is 3. The van der Waals surface area contributed by atoms with Crippen LogP contribution >= 0.6 is 0 Å². The Morgan fingerprint density at radius 3 is 2.23 bits per heavy atom. The van der Waals surface area contributed by atoms with Gasteiger partial charge in [0.05, 0.1) is 5.56 Å². The van der Waals surface area contributed by atoms with E-state index in [1.165, 1.54) is 24.8 Å². The first kappa shape index (κ1) is 27.4. The molecule has 2 saturated heterocycles. The summed E-state index contributed by atoms with van der Waals surface area (Å²) >= 11 is 0. The molecule has 9 nitrogen and oxygen atoms in total. The Hall–Kier alpha value is -3.20. The fourth-order valence-electron chi connectivity index (χ4n) is 6.06. The van der Waals surface area contributed by atoms with Crippen molar-refractivity contribution >= 4 is 17.9 Å². The summed E-state index contributed by atoms with van der Waals surface area (Å²) in [6.07, 6.45) is 9.90. The molecule has 1 aliphatic carbocycles. The van der Waals surface area contributed by atoms with Crippen LogP contribution in [0.25, 0.3) is 0 Å². The summed E-state index contributed by atoms with van der Waals surface area (Å²) in [6, 6.07) is 11.0. The van der Waals surface area contributed by atoms with Crippen LogP contribution < -0.4 is 15.5 Å². The molecule has 3 amide bonds. The van der Waals surface area contributed by atoms with Crippen molar-refractivity contribution in [1.82, 2.24) is 30.4 Å². The van der Waals surface area contributed by atoms with Crippen molar-refractivity contribution in [1.29, 1.82) is 0 Å². The lowest BCUT2D eigenvalue weighted by Crippen LogP contribution is -2.61. The molecule has 2 N–H and O–H groups in total. The van der Waals surface area contributed by atoms with Gasteiger partial charge in [0.1, 0.15) is 0 Å². The predicted molar refractivity (Wildman–Crippen MR) is 153 cm³/mol. The molecule has 3 aliphatic rings. The Balaban J connectivity index is 1.03. The van der Waals surface area contributed by atoms with E-state index in [0.717, 1.165) is 45.4 Å². The van der Waals surface area contributed by atoms with E-state index >= 15 is 0 Å². The second-order valence-electron chi connectivity index (χ2n) is 11.6. The fourth-order valence-corrected chi connectivity index (χ4v) is 6.06. The number of piperidine rings is 1.